The van der Waals surface area contributed by atoms with Gasteiger partial charge in [-0.25, -0.2) is 0 Å². The maximum atomic E-state index is 12.8. The first-order chi connectivity index (χ1) is 34.0. The Hall–Kier alpha value is -5.14. The molecule has 4 heterocycles. The Morgan fingerprint density at radius 1 is 0.671 bits per heavy atom. The molecule has 6 rings (SSSR count). The van der Waals surface area contributed by atoms with E-state index in [-0.39, 0.29) is 58.4 Å². The van der Waals surface area contributed by atoms with E-state index in [1.807, 2.05) is 48.7 Å². The fourth-order valence-corrected chi connectivity index (χ4v) is 7.80. The molecule has 393 valence electrons. The van der Waals surface area contributed by atoms with Crippen molar-refractivity contribution >= 4 is 43.8 Å². The number of carbonyl (C=O) groups excluding carboxylic acids is 6. The van der Waals surface area contributed by atoms with E-state index in [0.29, 0.717) is 35.3 Å². The van der Waals surface area contributed by atoms with Crippen molar-refractivity contribution in [2.75, 3.05) is 53.5 Å². The minimum atomic E-state index is -0.562. The second-order valence-corrected chi connectivity index (χ2v) is 17.9. The summed E-state index contributed by atoms with van der Waals surface area (Å²) in [6.45, 7) is 19.5. The number of aryl methyl sites for hydroxylation is 2. The number of pyridine rings is 2. The third-order valence-corrected chi connectivity index (χ3v) is 11.2. The van der Waals surface area contributed by atoms with Crippen LogP contribution in [0.1, 0.15) is 129 Å². The van der Waals surface area contributed by atoms with E-state index >= 15 is 0 Å². The molecule has 0 unspecified atom stereocenters. The fraction of sp³-hybridized carbons (Fsp3) is 0.491. The third kappa shape index (κ3) is 30.0. The van der Waals surface area contributed by atoms with Gasteiger partial charge in [0.05, 0.1) is 14.2 Å². The summed E-state index contributed by atoms with van der Waals surface area (Å²) in [5.74, 6) is 2.53. The van der Waals surface area contributed by atoms with Crippen LogP contribution in [0.4, 0.5) is 0 Å². The molecule has 0 spiro atoms. The Labute approximate surface area is 456 Å². The van der Waals surface area contributed by atoms with Gasteiger partial charge >= 0.3 is 53.9 Å². The summed E-state index contributed by atoms with van der Waals surface area (Å²) >= 11 is 0. The molecule has 0 amide bonds. The van der Waals surface area contributed by atoms with Crippen LogP contribution in [-0.4, -0.2) is 123 Å². The van der Waals surface area contributed by atoms with E-state index in [2.05, 4.69) is 78.1 Å². The largest absolute Gasteiger partial charge is 1.00 e. The summed E-state index contributed by atoms with van der Waals surface area (Å²) < 4.78 is 21.9. The number of aldehydes is 1. The molecular weight excluding hydrogens is 940 g/mol. The summed E-state index contributed by atoms with van der Waals surface area (Å²) in [5, 5.41) is 0. The number of hydrogen-bond donors (Lipinski definition) is 1. The molecule has 73 heavy (non-hydrogen) atoms. The number of ketones is 2. The molecule has 0 atom stereocenters. The standard InChI is InChI=1S/C25H34N2O2.C16H22N2O2.C8H11NO.C4H6O3.C2H3O.BO.Na.H2O/c1-19(2)18-27-15-13-22(14-16-27)25(28)24-12-9-21(17-26-24)6-4-5-20-7-10-23(29-3)11-8-20;1-12(2)10-18-7-5-14(6-8-18)16(20)15-4-3-13(11-19)9-17-15;1-10-8-4-2-7(6-9)3-5-8;1-3(5)7-4(2)6;1-2-3;1-2;;/h7-12,17,19,22H,4-6,13-16,18H2,1-3H3;3-4,9,11-12,14H,5-8,10H2,1-2H3;2-5H,6,9H2,1H3;1-2H3;1H3;;;1H2/q;;;;-1;;+1;. The summed E-state index contributed by atoms with van der Waals surface area (Å²) in [7, 11) is 6.59. The van der Waals surface area contributed by atoms with Crippen LogP contribution in [0.2, 0.25) is 0 Å². The van der Waals surface area contributed by atoms with Crippen molar-refractivity contribution in [3.8, 4) is 11.5 Å². The minimum absolute atomic E-state index is 0. The summed E-state index contributed by atoms with van der Waals surface area (Å²) in [5.41, 5.74) is 10.7. The van der Waals surface area contributed by atoms with Gasteiger partial charge in [-0.1, -0.05) is 58.0 Å². The van der Waals surface area contributed by atoms with E-state index < -0.39 is 11.9 Å². The van der Waals surface area contributed by atoms with E-state index in [1.54, 1.807) is 26.4 Å². The summed E-state index contributed by atoms with van der Waals surface area (Å²) in [6, 6.07) is 23.3. The van der Waals surface area contributed by atoms with Gasteiger partial charge in [0.2, 0.25) is 0 Å². The molecule has 16 nitrogen and oxygen atoms in total. The summed E-state index contributed by atoms with van der Waals surface area (Å²) in [4.78, 5) is 77.5. The molecular formula is C55H78BN5NaO11. The van der Waals surface area contributed by atoms with Crippen molar-refractivity contribution in [1.29, 1.82) is 0 Å². The van der Waals surface area contributed by atoms with Gasteiger partial charge in [-0.2, -0.15) is 6.92 Å². The normalized spacial score (nSPS) is 13.2. The van der Waals surface area contributed by atoms with Crippen LogP contribution in [0.5, 0.6) is 11.5 Å². The Kier molecular flexibility index (Phi) is 39.5. The Bertz CT molecular complexity index is 2100. The quantitative estimate of drug-likeness (QED) is 0.0411. The van der Waals surface area contributed by atoms with E-state index in [9.17, 15) is 24.0 Å². The van der Waals surface area contributed by atoms with Crippen LogP contribution in [0.3, 0.4) is 0 Å². The van der Waals surface area contributed by atoms with Crippen LogP contribution in [0.25, 0.3) is 0 Å². The third-order valence-electron chi connectivity index (χ3n) is 11.2. The maximum absolute atomic E-state index is 12.8. The molecule has 2 aromatic carbocycles. The van der Waals surface area contributed by atoms with Crippen LogP contribution < -0.4 is 44.8 Å². The molecule has 2 fully saturated rings. The van der Waals surface area contributed by atoms with Crippen LogP contribution in [0.15, 0.2) is 85.2 Å². The van der Waals surface area contributed by atoms with Crippen molar-refractivity contribution in [2.24, 2.45) is 29.4 Å². The SMILES string of the molecule is CC(=O)OC(C)=O.CC(C)CN1CCC(C(=O)c2ccc(C=O)cn2)CC1.COc1ccc(CCCc2ccc(C(=O)C3CCN(CC(C)C)CC3)nc2)cc1.COc1ccc(CN)cc1.C[C-]=O.O.[B]=O.[Na+]. The molecule has 2 aromatic heterocycles. The molecule has 2 saturated heterocycles. The Morgan fingerprint density at radius 3 is 1.34 bits per heavy atom. The van der Waals surface area contributed by atoms with Crippen LogP contribution in [-0.2, 0) is 43.2 Å². The predicted molar refractivity (Wildman–Crippen MR) is 280 cm³/mol. The van der Waals surface area contributed by atoms with Gasteiger partial charge in [0, 0.05) is 63.3 Å². The smallest absolute Gasteiger partial charge is 1.00 e. The number of hydrogen-bond acceptors (Lipinski definition) is 15. The second kappa shape index (κ2) is 41.2. The number of Topliss-reactive ketones (excluding diaryl/α,β-unsaturated/α-hetero) is 2. The molecule has 4 N–H and O–H groups in total. The second-order valence-electron chi connectivity index (χ2n) is 17.9. The van der Waals surface area contributed by atoms with Crippen molar-refractivity contribution in [3.63, 3.8) is 0 Å². The first kappa shape index (κ1) is 69.9. The molecule has 18 heteroatoms. The van der Waals surface area contributed by atoms with Crippen molar-refractivity contribution in [2.45, 2.75) is 100.0 Å². The van der Waals surface area contributed by atoms with Gasteiger partial charge in [0.15, 0.2) is 17.9 Å². The number of ether oxygens (including phenoxy) is 3. The number of piperidine rings is 2. The molecule has 2 aliphatic heterocycles. The topological polar surface area (TPSA) is 237 Å². The average molecular weight is 1020 g/mol. The molecule has 0 saturated carbocycles. The molecule has 2 aliphatic rings. The number of likely N-dealkylation sites (tertiary alicyclic amines) is 2. The number of carbonyl (C=O) groups is 5. The van der Waals surface area contributed by atoms with Gasteiger partial charge in [-0.3, -0.25) is 40.2 Å². The van der Waals surface area contributed by atoms with Crippen molar-refractivity contribution in [3.05, 3.63) is 119 Å². The maximum Gasteiger partial charge on any atom is 1.00 e. The van der Waals surface area contributed by atoms with Crippen LogP contribution >= 0.6 is 0 Å². The first-order valence-corrected chi connectivity index (χ1v) is 24.1. The Morgan fingerprint density at radius 2 is 1.04 bits per heavy atom. The zero-order chi connectivity index (χ0) is 53.1. The van der Waals surface area contributed by atoms with Crippen molar-refractivity contribution < 1.29 is 82.7 Å². The van der Waals surface area contributed by atoms with Crippen LogP contribution in [0, 0.1) is 23.7 Å². The monoisotopic (exact) mass is 1020 g/mol. The average Bonchev–Trinajstić information content (AvgIpc) is 3.37. The van der Waals surface area contributed by atoms with E-state index in [4.69, 9.17) is 24.7 Å². The predicted octanol–water partition coefficient (Wildman–Crippen LogP) is 4.31. The number of benzene rings is 2. The fourth-order valence-electron chi connectivity index (χ4n) is 7.80. The van der Waals surface area contributed by atoms with Crippen molar-refractivity contribution in [1.82, 2.24) is 19.8 Å². The summed E-state index contributed by atoms with van der Waals surface area (Å²) in [6.07, 6.45) is 12.4. The van der Waals surface area contributed by atoms with Gasteiger partial charge in [-0.05, 0) is 142 Å². The minimum Gasteiger partial charge on any atom is 1.00 e. The van der Waals surface area contributed by atoms with E-state index in [1.165, 1.54) is 44.4 Å². The zero-order valence-corrected chi connectivity index (χ0v) is 46.9. The number of esters is 2. The van der Waals surface area contributed by atoms with E-state index in [0.717, 1.165) is 108 Å². The van der Waals surface area contributed by atoms with Gasteiger partial charge in [0.1, 0.15) is 22.9 Å². The number of nitrogens with zero attached hydrogens (tertiary/aromatic N) is 4. The molecule has 1 radical (unpaired) electrons. The number of aromatic nitrogens is 2. The number of nitrogens with two attached hydrogens (primary N) is 1. The molecule has 4 aromatic rings. The number of methoxy groups -OCH3 is 2. The van der Waals surface area contributed by atoms with Gasteiger partial charge < -0.3 is 40.0 Å². The first-order valence-electron chi connectivity index (χ1n) is 24.1. The van der Waals surface area contributed by atoms with Gasteiger partial charge in [-0.15, -0.1) is 0 Å². The molecule has 0 aliphatic carbocycles. The zero-order valence-electron chi connectivity index (χ0n) is 44.9. The molecule has 0 bridgehead atoms. The number of rotatable bonds is 16. The van der Waals surface area contributed by atoms with Gasteiger partial charge in [0.25, 0.3) is 0 Å². The Balaban J connectivity index is 0.